The van der Waals surface area contributed by atoms with Gasteiger partial charge in [0.2, 0.25) is 0 Å². The van der Waals surface area contributed by atoms with Gasteiger partial charge in [-0.25, -0.2) is 9.37 Å². The summed E-state index contributed by atoms with van der Waals surface area (Å²) in [6.07, 6.45) is 1.76. The summed E-state index contributed by atoms with van der Waals surface area (Å²) in [5, 5.41) is 0. The third-order valence-corrected chi connectivity index (χ3v) is 5.84. The van der Waals surface area contributed by atoms with E-state index in [9.17, 15) is 9.18 Å². The van der Waals surface area contributed by atoms with Crippen molar-refractivity contribution in [2.75, 3.05) is 31.1 Å². The minimum absolute atomic E-state index is 0.0537. The molecule has 1 amide bonds. The second kappa shape index (κ2) is 9.20. The molecule has 0 aliphatic carbocycles. The molecule has 0 saturated carbocycles. The number of piperazine rings is 1. The van der Waals surface area contributed by atoms with Crippen molar-refractivity contribution in [3.05, 3.63) is 103 Å². The molecule has 1 aliphatic heterocycles. The lowest BCUT2D eigenvalue weighted by Gasteiger charge is -2.35. The van der Waals surface area contributed by atoms with Crippen molar-refractivity contribution in [1.29, 1.82) is 0 Å². The molecule has 0 bridgehead atoms. The van der Waals surface area contributed by atoms with Crippen LogP contribution in [0.4, 0.5) is 10.2 Å². The Morgan fingerprint density at radius 3 is 2.00 bits per heavy atom. The van der Waals surface area contributed by atoms with Crippen LogP contribution in [-0.4, -0.2) is 47.0 Å². The number of anilines is 1. The third kappa shape index (κ3) is 4.46. The molecule has 0 radical (unpaired) electrons. The van der Waals surface area contributed by atoms with Gasteiger partial charge in [0, 0.05) is 42.9 Å². The van der Waals surface area contributed by atoms with Crippen molar-refractivity contribution in [1.82, 2.24) is 14.9 Å². The number of hydrogen-bond acceptors (Lipinski definition) is 4. The molecule has 1 aliphatic rings. The van der Waals surface area contributed by atoms with Crippen LogP contribution >= 0.6 is 0 Å². The number of halogens is 1. The molecule has 0 unspecified atom stereocenters. The van der Waals surface area contributed by atoms with E-state index in [1.165, 1.54) is 12.1 Å². The van der Waals surface area contributed by atoms with E-state index in [0.717, 1.165) is 22.6 Å². The van der Waals surface area contributed by atoms with Crippen LogP contribution in [0, 0.1) is 5.82 Å². The van der Waals surface area contributed by atoms with Crippen molar-refractivity contribution in [3.8, 4) is 22.5 Å². The number of benzene rings is 3. The maximum absolute atomic E-state index is 13.5. The molecule has 164 valence electrons. The van der Waals surface area contributed by atoms with E-state index < -0.39 is 0 Å². The number of rotatable bonds is 4. The minimum atomic E-state index is -0.285. The summed E-state index contributed by atoms with van der Waals surface area (Å²) in [4.78, 5) is 26.5. The van der Waals surface area contributed by atoms with Gasteiger partial charge in [0.25, 0.3) is 5.91 Å². The number of amides is 1. The average molecular weight is 439 g/mol. The maximum Gasteiger partial charge on any atom is 0.253 e. The van der Waals surface area contributed by atoms with Crippen LogP contribution in [0.15, 0.2) is 91.1 Å². The fourth-order valence-electron chi connectivity index (χ4n) is 4.05. The van der Waals surface area contributed by atoms with Gasteiger partial charge in [0.1, 0.15) is 11.6 Å². The van der Waals surface area contributed by atoms with E-state index in [1.807, 2.05) is 65.6 Å². The van der Waals surface area contributed by atoms with Crippen LogP contribution in [0.1, 0.15) is 10.4 Å². The Balaban J connectivity index is 1.40. The van der Waals surface area contributed by atoms with Crippen LogP contribution in [0.5, 0.6) is 0 Å². The van der Waals surface area contributed by atoms with Gasteiger partial charge in [-0.2, -0.15) is 0 Å². The summed E-state index contributed by atoms with van der Waals surface area (Å²) < 4.78 is 13.5. The first kappa shape index (κ1) is 20.8. The van der Waals surface area contributed by atoms with Gasteiger partial charge in [-0.3, -0.25) is 9.78 Å². The lowest BCUT2D eigenvalue weighted by molar-refractivity contribution is 0.0746. The van der Waals surface area contributed by atoms with E-state index in [0.29, 0.717) is 37.4 Å². The Bertz CT molecular complexity index is 1240. The molecule has 5 rings (SSSR count). The number of nitrogens with zero attached hydrogens (tertiary/aromatic N) is 4. The second-order valence-corrected chi connectivity index (χ2v) is 7.94. The van der Waals surface area contributed by atoms with Gasteiger partial charge in [-0.1, -0.05) is 48.5 Å². The normalized spacial score (nSPS) is 13.7. The van der Waals surface area contributed by atoms with E-state index in [2.05, 4.69) is 4.90 Å². The van der Waals surface area contributed by atoms with Crippen molar-refractivity contribution < 1.29 is 9.18 Å². The van der Waals surface area contributed by atoms with Gasteiger partial charge in [0.15, 0.2) is 0 Å². The Labute approximate surface area is 192 Å². The SMILES string of the molecule is O=C(c1ccccc1)N1CCN(c2cnc(-c3ccc(F)cc3)c(-c3ccccc3)n2)CC1. The maximum atomic E-state index is 13.5. The molecule has 1 fully saturated rings. The Hall–Kier alpha value is -4.06. The summed E-state index contributed by atoms with van der Waals surface area (Å²) in [5.74, 6) is 0.539. The van der Waals surface area contributed by atoms with Crippen molar-refractivity contribution in [2.45, 2.75) is 0 Å². The highest BCUT2D eigenvalue weighted by molar-refractivity contribution is 5.94. The fraction of sp³-hybridized carbons (Fsp3) is 0.148. The highest BCUT2D eigenvalue weighted by atomic mass is 19.1. The summed E-state index contributed by atoms with van der Waals surface area (Å²) in [7, 11) is 0. The van der Waals surface area contributed by atoms with Crippen LogP contribution in [0.25, 0.3) is 22.5 Å². The van der Waals surface area contributed by atoms with Crippen molar-refractivity contribution >= 4 is 11.7 Å². The third-order valence-electron chi connectivity index (χ3n) is 5.84. The molecular formula is C27H23FN4O. The first-order chi connectivity index (χ1) is 16.2. The minimum Gasteiger partial charge on any atom is -0.352 e. The molecule has 2 heterocycles. The number of aromatic nitrogens is 2. The lowest BCUT2D eigenvalue weighted by atomic mass is 10.0. The average Bonchev–Trinajstić information content (AvgIpc) is 2.89. The molecule has 4 aromatic rings. The molecule has 33 heavy (non-hydrogen) atoms. The zero-order valence-corrected chi connectivity index (χ0v) is 18.1. The Morgan fingerprint density at radius 1 is 0.727 bits per heavy atom. The van der Waals surface area contributed by atoms with Crippen LogP contribution in [0.3, 0.4) is 0 Å². The molecule has 0 N–H and O–H groups in total. The van der Waals surface area contributed by atoms with Gasteiger partial charge in [-0.05, 0) is 36.4 Å². The molecule has 1 aromatic heterocycles. The predicted octanol–water partition coefficient (Wildman–Crippen LogP) is 4.91. The molecule has 5 nitrogen and oxygen atoms in total. The fourth-order valence-corrected chi connectivity index (χ4v) is 4.05. The zero-order valence-electron chi connectivity index (χ0n) is 18.1. The molecule has 0 atom stereocenters. The standard InChI is InChI=1S/C27H23FN4O/c28-23-13-11-21(12-14-23)25-26(20-7-3-1-4-8-20)30-24(19-29-25)31-15-17-32(18-16-31)27(33)22-9-5-2-6-10-22/h1-14,19H,15-18H2. The second-order valence-electron chi connectivity index (χ2n) is 7.94. The zero-order chi connectivity index (χ0) is 22.6. The monoisotopic (exact) mass is 438 g/mol. The summed E-state index contributed by atoms with van der Waals surface area (Å²) in [5.41, 5.74) is 3.93. The molecule has 3 aromatic carbocycles. The van der Waals surface area contributed by atoms with E-state index in [1.54, 1.807) is 18.3 Å². The number of carbonyl (C=O) groups excluding carboxylic acids is 1. The Morgan fingerprint density at radius 2 is 1.33 bits per heavy atom. The number of carbonyl (C=O) groups is 1. The van der Waals surface area contributed by atoms with Gasteiger partial charge < -0.3 is 9.80 Å². The summed E-state index contributed by atoms with van der Waals surface area (Å²) >= 11 is 0. The molecular weight excluding hydrogens is 415 g/mol. The lowest BCUT2D eigenvalue weighted by Crippen LogP contribution is -2.49. The highest BCUT2D eigenvalue weighted by Crippen LogP contribution is 2.31. The van der Waals surface area contributed by atoms with Crippen molar-refractivity contribution in [3.63, 3.8) is 0 Å². The van der Waals surface area contributed by atoms with Gasteiger partial charge in [0.05, 0.1) is 17.6 Å². The van der Waals surface area contributed by atoms with Gasteiger partial charge >= 0.3 is 0 Å². The van der Waals surface area contributed by atoms with Gasteiger partial charge in [-0.15, -0.1) is 0 Å². The summed E-state index contributed by atoms with van der Waals surface area (Å²) in [6, 6.07) is 25.6. The molecule has 1 saturated heterocycles. The van der Waals surface area contributed by atoms with Crippen LogP contribution < -0.4 is 4.90 Å². The topological polar surface area (TPSA) is 49.3 Å². The van der Waals surface area contributed by atoms with Crippen LogP contribution in [-0.2, 0) is 0 Å². The first-order valence-electron chi connectivity index (χ1n) is 11.0. The Kier molecular flexibility index (Phi) is 5.81. The molecule has 6 heteroatoms. The quantitative estimate of drug-likeness (QED) is 0.454. The van der Waals surface area contributed by atoms with E-state index in [4.69, 9.17) is 9.97 Å². The highest BCUT2D eigenvalue weighted by Gasteiger charge is 2.24. The molecule has 0 spiro atoms. The van der Waals surface area contributed by atoms with E-state index >= 15 is 0 Å². The largest absolute Gasteiger partial charge is 0.352 e. The number of hydrogen-bond donors (Lipinski definition) is 0. The first-order valence-corrected chi connectivity index (χ1v) is 11.0. The van der Waals surface area contributed by atoms with Crippen molar-refractivity contribution in [2.24, 2.45) is 0 Å². The summed E-state index contributed by atoms with van der Waals surface area (Å²) in [6.45, 7) is 2.60. The predicted molar refractivity (Wildman–Crippen MR) is 127 cm³/mol. The smallest absolute Gasteiger partial charge is 0.253 e. The van der Waals surface area contributed by atoms with Crippen LogP contribution in [0.2, 0.25) is 0 Å². The van der Waals surface area contributed by atoms with E-state index in [-0.39, 0.29) is 11.7 Å².